The van der Waals surface area contributed by atoms with Crippen LogP contribution >= 0.6 is 0 Å². The van der Waals surface area contributed by atoms with Crippen molar-refractivity contribution in [3.63, 3.8) is 0 Å². The summed E-state index contributed by atoms with van der Waals surface area (Å²) in [6.45, 7) is 0.573. The lowest BCUT2D eigenvalue weighted by atomic mass is 10.3. The molecule has 3 heteroatoms. The van der Waals surface area contributed by atoms with E-state index >= 15 is 0 Å². The zero-order chi connectivity index (χ0) is 11.1. The fourth-order valence-electron chi connectivity index (χ4n) is 1.16. The molecule has 0 bridgehead atoms. The van der Waals surface area contributed by atoms with E-state index in [1.165, 1.54) is 0 Å². The number of anilines is 1. The van der Waals surface area contributed by atoms with Crippen LogP contribution in [-0.4, -0.2) is 13.7 Å². The Hall–Kier alpha value is -1.82. The summed E-state index contributed by atoms with van der Waals surface area (Å²) in [5.41, 5.74) is 6.30. The first-order valence-corrected chi connectivity index (χ1v) is 4.77. The molecule has 0 radical (unpaired) electrons. The number of hydrogen-bond acceptors (Lipinski definition) is 3. The van der Waals surface area contributed by atoms with Crippen LogP contribution in [0, 0.1) is 12.3 Å². The summed E-state index contributed by atoms with van der Waals surface area (Å²) in [6.07, 6.45) is 6.68. The Kier molecular flexibility index (Phi) is 4.36. The summed E-state index contributed by atoms with van der Waals surface area (Å²) < 4.78 is 10.6. The van der Waals surface area contributed by atoms with E-state index in [2.05, 4.69) is 5.92 Å². The Balaban J connectivity index is 2.58. The lowest BCUT2D eigenvalue weighted by Crippen LogP contribution is -1.99. The second-order valence-corrected chi connectivity index (χ2v) is 3.07. The van der Waals surface area contributed by atoms with Crippen molar-refractivity contribution in [3.05, 3.63) is 18.2 Å². The van der Waals surface area contributed by atoms with Crippen molar-refractivity contribution < 1.29 is 9.47 Å². The third-order valence-electron chi connectivity index (χ3n) is 1.91. The zero-order valence-corrected chi connectivity index (χ0v) is 8.82. The highest BCUT2D eigenvalue weighted by molar-refractivity contribution is 5.51. The molecule has 1 rings (SSSR count). The minimum absolute atomic E-state index is 0.573. The molecular formula is C12H15NO2. The van der Waals surface area contributed by atoms with Crippen molar-refractivity contribution in [3.8, 4) is 23.8 Å². The number of unbranched alkanes of at least 4 members (excludes halogenated alkanes) is 1. The van der Waals surface area contributed by atoms with Crippen LogP contribution in [-0.2, 0) is 0 Å². The van der Waals surface area contributed by atoms with E-state index in [-0.39, 0.29) is 0 Å². The molecule has 80 valence electrons. The molecule has 0 heterocycles. The van der Waals surface area contributed by atoms with Crippen LogP contribution in [0.3, 0.4) is 0 Å². The normalized spacial score (nSPS) is 9.33. The van der Waals surface area contributed by atoms with Gasteiger partial charge in [0.1, 0.15) is 0 Å². The van der Waals surface area contributed by atoms with Gasteiger partial charge in [-0.05, 0) is 18.6 Å². The van der Waals surface area contributed by atoms with Crippen molar-refractivity contribution >= 4 is 5.69 Å². The van der Waals surface area contributed by atoms with Gasteiger partial charge in [0.25, 0.3) is 0 Å². The Bertz CT molecular complexity index is 355. The summed E-state index contributed by atoms with van der Waals surface area (Å²) in [4.78, 5) is 0. The third kappa shape index (κ3) is 3.43. The largest absolute Gasteiger partial charge is 0.493 e. The first-order valence-electron chi connectivity index (χ1n) is 4.77. The highest BCUT2D eigenvalue weighted by Crippen LogP contribution is 2.28. The minimum Gasteiger partial charge on any atom is -0.493 e. The second-order valence-electron chi connectivity index (χ2n) is 3.07. The summed E-state index contributed by atoms with van der Waals surface area (Å²) in [7, 11) is 1.60. The average Bonchev–Trinajstić information content (AvgIpc) is 2.25. The SMILES string of the molecule is C#CCCCOc1cc(N)ccc1OC. The summed E-state index contributed by atoms with van der Waals surface area (Å²) in [5.74, 6) is 3.90. The van der Waals surface area contributed by atoms with Crippen molar-refractivity contribution in [2.45, 2.75) is 12.8 Å². The number of benzene rings is 1. The van der Waals surface area contributed by atoms with Crippen molar-refractivity contribution in [1.29, 1.82) is 0 Å². The Morgan fingerprint density at radius 2 is 2.20 bits per heavy atom. The van der Waals surface area contributed by atoms with Gasteiger partial charge in [-0.15, -0.1) is 12.3 Å². The number of terminal acetylenes is 1. The van der Waals surface area contributed by atoms with Crippen LogP contribution < -0.4 is 15.2 Å². The maximum Gasteiger partial charge on any atom is 0.163 e. The molecule has 0 aromatic heterocycles. The van der Waals surface area contributed by atoms with Crippen LogP contribution in [0.15, 0.2) is 18.2 Å². The molecule has 0 saturated carbocycles. The van der Waals surface area contributed by atoms with Gasteiger partial charge in [0.2, 0.25) is 0 Å². The maximum absolute atomic E-state index is 5.64. The molecule has 0 unspecified atom stereocenters. The molecule has 0 aliphatic rings. The predicted molar refractivity (Wildman–Crippen MR) is 61.0 cm³/mol. The topological polar surface area (TPSA) is 44.5 Å². The van der Waals surface area contributed by atoms with Gasteiger partial charge in [0.15, 0.2) is 11.5 Å². The molecule has 0 aliphatic carbocycles. The van der Waals surface area contributed by atoms with E-state index in [4.69, 9.17) is 21.6 Å². The standard InChI is InChI=1S/C12H15NO2/c1-3-4-5-8-15-12-9-10(13)6-7-11(12)14-2/h1,6-7,9H,4-5,8,13H2,2H3. The van der Waals surface area contributed by atoms with Gasteiger partial charge in [-0.2, -0.15) is 0 Å². The molecule has 2 N–H and O–H groups in total. The Morgan fingerprint density at radius 1 is 1.40 bits per heavy atom. The second kappa shape index (κ2) is 5.82. The number of nitrogen functional groups attached to an aromatic ring is 1. The number of hydrogen-bond donors (Lipinski definition) is 1. The molecule has 0 saturated heterocycles. The van der Waals surface area contributed by atoms with E-state index in [1.54, 1.807) is 25.3 Å². The summed E-state index contributed by atoms with van der Waals surface area (Å²) >= 11 is 0. The van der Waals surface area contributed by atoms with E-state index in [1.807, 2.05) is 0 Å². The average molecular weight is 205 g/mol. The first-order chi connectivity index (χ1) is 7.27. The van der Waals surface area contributed by atoms with Gasteiger partial charge in [-0.1, -0.05) is 0 Å². The van der Waals surface area contributed by atoms with Crippen LogP contribution in [0.2, 0.25) is 0 Å². The molecule has 3 nitrogen and oxygen atoms in total. The Morgan fingerprint density at radius 3 is 2.87 bits per heavy atom. The van der Waals surface area contributed by atoms with Crippen molar-refractivity contribution in [2.24, 2.45) is 0 Å². The van der Waals surface area contributed by atoms with Crippen LogP contribution in [0.4, 0.5) is 5.69 Å². The molecule has 0 amide bonds. The molecule has 0 spiro atoms. The van der Waals surface area contributed by atoms with E-state index in [0.717, 1.165) is 6.42 Å². The lowest BCUT2D eigenvalue weighted by Gasteiger charge is -2.10. The third-order valence-corrected chi connectivity index (χ3v) is 1.91. The molecule has 0 aliphatic heterocycles. The molecule has 1 aromatic rings. The molecule has 1 aromatic carbocycles. The molecule has 15 heavy (non-hydrogen) atoms. The Labute approximate surface area is 90.2 Å². The number of nitrogens with two attached hydrogens (primary N) is 1. The van der Waals surface area contributed by atoms with Gasteiger partial charge < -0.3 is 15.2 Å². The number of methoxy groups -OCH3 is 1. The summed E-state index contributed by atoms with van der Waals surface area (Å²) in [5, 5.41) is 0. The van der Waals surface area contributed by atoms with E-state index < -0.39 is 0 Å². The smallest absolute Gasteiger partial charge is 0.163 e. The lowest BCUT2D eigenvalue weighted by molar-refractivity contribution is 0.291. The van der Waals surface area contributed by atoms with Gasteiger partial charge in [-0.25, -0.2) is 0 Å². The fourth-order valence-corrected chi connectivity index (χ4v) is 1.16. The minimum atomic E-state index is 0.573. The first kappa shape index (κ1) is 11.3. The van der Waals surface area contributed by atoms with Gasteiger partial charge in [-0.3, -0.25) is 0 Å². The summed E-state index contributed by atoms with van der Waals surface area (Å²) in [6, 6.07) is 5.30. The number of rotatable bonds is 5. The molecule has 0 fully saturated rings. The van der Waals surface area contributed by atoms with Gasteiger partial charge >= 0.3 is 0 Å². The highest BCUT2D eigenvalue weighted by atomic mass is 16.5. The quantitative estimate of drug-likeness (QED) is 0.454. The van der Waals surface area contributed by atoms with Crippen molar-refractivity contribution in [2.75, 3.05) is 19.5 Å². The maximum atomic E-state index is 5.64. The van der Waals surface area contributed by atoms with Crippen LogP contribution in [0.1, 0.15) is 12.8 Å². The van der Waals surface area contributed by atoms with Crippen LogP contribution in [0.5, 0.6) is 11.5 Å². The number of ether oxygens (including phenoxy) is 2. The zero-order valence-electron chi connectivity index (χ0n) is 8.82. The van der Waals surface area contributed by atoms with E-state index in [0.29, 0.717) is 30.2 Å². The van der Waals surface area contributed by atoms with Gasteiger partial charge in [0.05, 0.1) is 13.7 Å². The monoisotopic (exact) mass is 205 g/mol. The molecule has 0 atom stereocenters. The predicted octanol–water partition coefficient (Wildman–Crippen LogP) is 2.07. The van der Waals surface area contributed by atoms with Crippen molar-refractivity contribution in [1.82, 2.24) is 0 Å². The highest BCUT2D eigenvalue weighted by Gasteiger charge is 2.03. The van der Waals surface area contributed by atoms with Gasteiger partial charge in [0, 0.05) is 18.2 Å². The van der Waals surface area contributed by atoms with E-state index in [9.17, 15) is 0 Å². The fraction of sp³-hybridized carbons (Fsp3) is 0.333. The van der Waals surface area contributed by atoms with Crippen LogP contribution in [0.25, 0.3) is 0 Å². The molecular weight excluding hydrogens is 190 g/mol.